The third kappa shape index (κ3) is 3.17. The third-order valence-corrected chi connectivity index (χ3v) is 2.50. The predicted octanol–water partition coefficient (Wildman–Crippen LogP) is 3.41. The predicted molar refractivity (Wildman–Crippen MR) is 72.5 cm³/mol. The highest BCUT2D eigenvalue weighted by atomic mass is 16.5. The normalized spacial score (nSPS) is 10.1. The first kappa shape index (κ1) is 12.3. The summed E-state index contributed by atoms with van der Waals surface area (Å²) in [6.45, 7) is 6.20. The van der Waals surface area contributed by atoms with Crippen molar-refractivity contribution in [1.29, 1.82) is 0 Å². The van der Waals surface area contributed by atoms with Crippen LogP contribution in [0.15, 0.2) is 49.2 Å². The van der Waals surface area contributed by atoms with Crippen LogP contribution in [0.4, 0.5) is 0 Å². The minimum atomic E-state index is 0.649. The zero-order valence-electron chi connectivity index (χ0n) is 10.5. The van der Waals surface area contributed by atoms with Gasteiger partial charge >= 0.3 is 0 Å². The molecule has 0 saturated heterocycles. The molecule has 0 saturated carbocycles. The molecule has 2 rings (SSSR count). The van der Waals surface area contributed by atoms with Crippen molar-refractivity contribution in [3.63, 3.8) is 0 Å². The summed E-state index contributed by atoms with van der Waals surface area (Å²) >= 11 is 0. The zero-order chi connectivity index (χ0) is 12.8. The molecule has 0 aliphatic carbocycles. The largest absolute Gasteiger partial charge is 0.493 e. The van der Waals surface area contributed by atoms with Gasteiger partial charge in [-0.25, -0.2) is 9.97 Å². The van der Waals surface area contributed by atoms with Gasteiger partial charge in [-0.05, 0) is 31.5 Å². The molecule has 0 radical (unpaired) electrons. The molecule has 0 N–H and O–H groups in total. The molecule has 2 aromatic rings. The van der Waals surface area contributed by atoms with E-state index < -0.39 is 0 Å². The van der Waals surface area contributed by atoms with Crippen molar-refractivity contribution in [2.24, 2.45) is 0 Å². The second-order valence-electron chi connectivity index (χ2n) is 3.94. The van der Waals surface area contributed by atoms with Crippen molar-refractivity contribution in [2.75, 3.05) is 6.61 Å². The lowest BCUT2D eigenvalue weighted by Gasteiger charge is -2.07. The van der Waals surface area contributed by atoms with Gasteiger partial charge in [-0.2, -0.15) is 0 Å². The van der Waals surface area contributed by atoms with Crippen LogP contribution in [0.25, 0.3) is 11.3 Å². The van der Waals surface area contributed by atoms with Crippen molar-refractivity contribution in [3.8, 4) is 17.0 Å². The highest BCUT2D eigenvalue weighted by molar-refractivity contribution is 5.60. The molecule has 1 aromatic carbocycles. The Morgan fingerprint density at radius 1 is 1.33 bits per heavy atom. The maximum atomic E-state index is 5.62. The summed E-state index contributed by atoms with van der Waals surface area (Å²) in [5.41, 5.74) is 1.95. The van der Waals surface area contributed by atoms with Crippen LogP contribution >= 0.6 is 0 Å². The lowest BCUT2D eigenvalue weighted by molar-refractivity contribution is 0.325. The molecule has 1 heterocycles. The molecule has 0 unspecified atom stereocenters. The summed E-state index contributed by atoms with van der Waals surface area (Å²) in [7, 11) is 0. The first-order valence-corrected chi connectivity index (χ1v) is 5.93. The molecule has 0 atom stereocenters. The average Bonchev–Trinajstić information content (AvgIpc) is 2.39. The molecule has 1 aromatic heterocycles. The summed E-state index contributed by atoms with van der Waals surface area (Å²) in [5, 5.41) is 0. The minimum absolute atomic E-state index is 0.649. The van der Waals surface area contributed by atoms with Crippen molar-refractivity contribution < 1.29 is 4.74 Å². The van der Waals surface area contributed by atoms with E-state index >= 15 is 0 Å². The monoisotopic (exact) mass is 240 g/mol. The first-order valence-electron chi connectivity index (χ1n) is 5.93. The lowest BCUT2D eigenvalue weighted by Crippen LogP contribution is -1.96. The second-order valence-corrected chi connectivity index (χ2v) is 3.94. The molecule has 0 aliphatic heterocycles. The Bertz CT molecular complexity index is 538. The van der Waals surface area contributed by atoms with Gasteiger partial charge in [0.1, 0.15) is 11.6 Å². The standard InChI is InChI=1S/C15H16N2O/c1-3-4-10-18-14-7-5-6-13(11-14)15-8-9-16-12(2)17-15/h3,5-9,11H,1,4,10H2,2H3. The van der Waals surface area contributed by atoms with Gasteiger partial charge in [0.2, 0.25) is 0 Å². The molecule has 3 heteroatoms. The molecular weight excluding hydrogens is 224 g/mol. The molecule has 92 valence electrons. The number of benzene rings is 1. The van der Waals surface area contributed by atoms with E-state index in [2.05, 4.69) is 16.5 Å². The molecular formula is C15H16N2O. The van der Waals surface area contributed by atoms with Crippen molar-refractivity contribution in [3.05, 3.63) is 55.0 Å². The first-order chi connectivity index (χ1) is 8.79. The molecule has 0 spiro atoms. The number of aryl methyl sites for hydroxylation is 1. The van der Waals surface area contributed by atoms with Crippen LogP contribution in [0.3, 0.4) is 0 Å². The van der Waals surface area contributed by atoms with E-state index in [1.54, 1.807) is 6.20 Å². The van der Waals surface area contributed by atoms with Gasteiger partial charge in [-0.3, -0.25) is 0 Å². The van der Waals surface area contributed by atoms with Crippen molar-refractivity contribution >= 4 is 0 Å². The van der Waals surface area contributed by atoms with Gasteiger partial charge < -0.3 is 4.74 Å². The molecule has 0 amide bonds. The van der Waals surface area contributed by atoms with Crippen molar-refractivity contribution in [2.45, 2.75) is 13.3 Å². The van der Waals surface area contributed by atoms with Crippen LogP contribution in [-0.4, -0.2) is 16.6 Å². The molecule has 3 nitrogen and oxygen atoms in total. The van der Waals surface area contributed by atoms with E-state index in [9.17, 15) is 0 Å². The number of hydrogen-bond donors (Lipinski definition) is 0. The van der Waals surface area contributed by atoms with Gasteiger partial charge in [0.15, 0.2) is 0 Å². The number of hydrogen-bond acceptors (Lipinski definition) is 3. The Balaban J connectivity index is 2.18. The number of ether oxygens (including phenoxy) is 1. The van der Waals surface area contributed by atoms with Gasteiger partial charge in [0, 0.05) is 11.8 Å². The SMILES string of the molecule is C=CCCOc1cccc(-c2ccnc(C)n2)c1. The Hall–Kier alpha value is -2.16. The molecule has 0 aliphatic rings. The fourth-order valence-corrected chi connectivity index (χ4v) is 1.62. The summed E-state index contributed by atoms with van der Waals surface area (Å²) in [6, 6.07) is 9.82. The van der Waals surface area contributed by atoms with Crippen LogP contribution in [-0.2, 0) is 0 Å². The van der Waals surface area contributed by atoms with E-state index in [1.165, 1.54) is 0 Å². The van der Waals surface area contributed by atoms with Gasteiger partial charge in [0.25, 0.3) is 0 Å². The number of nitrogens with zero attached hydrogens (tertiary/aromatic N) is 2. The minimum Gasteiger partial charge on any atom is -0.493 e. The van der Waals surface area contributed by atoms with Crippen molar-refractivity contribution in [1.82, 2.24) is 9.97 Å². The highest BCUT2D eigenvalue weighted by Crippen LogP contribution is 2.22. The second kappa shape index (κ2) is 5.96. The highest BCUT2D eigenvalue weighted by Gasteiger charge is 2.01. The Morgan fingerprint density at radius 3 is 3.00 bits per heavy atom. The van der Waals surface area contributed by atoms with E-state index in [1.807, 2.05) is 43.3 Å². The Morgan fingerprint density at radius 2 is 2.22 bits per heavy atom. The maximum absolute atomic E-state index is 5.62. The lowest BCUT2D eigenvalue weighted by atomic mass is 10.1. The van der Waals surface area contributed by atoms with Crippen LogP contribution in [0.1, 0.15) is 12.2 Å². The Kier molecular flexibility index (Phi) is 4.07. The Labute approximate surface area is 107 Å². The maximum Gasteiger partial charge on any atom is 0.125 e. The fraction of sp³-hybridized carbons (Fsp3) is 0.200. The van der Waals surface area contributed by atoms with Crippen LogP contribution in [0.2, 0.25) is 0 Å². The van der Waals surface area contributed by atoms with Gasteiger partial charge in [-0.15, -0.1) is 6.58 Å². The van der Waals surface area contributed by atoms with E-state index in [0.717, 1.165) is 29.3 Å². The van der Waals surface area contributed by atoms with Gasteiger partial charge in [-0.1, -0.05) is 18.2 Å². The zero-order valence-corrected chi connectivity index (χ0v) is 10.5. The fourth-order valence-electron chi connectivity index (χ4n) is 1.62. The smallest absolute Gasteiger partial charge is 0.125 e. The summed E-state index contributed by atoms with van der Waals surface area (Å²) in [5.74, 6) is 1.62. The quantitative estimate of drug-likeness (QED) is 0.593. The van der Waals surface area contributed by atoms with E-state index in [4.69, 9.17) is 4.74 Å². The number of aromatic nitrogens is 2. The molecule has 18 heavy (non-hydrogen) atoms. The molecule has 0 bridgehead atoms. The van der Waals surface area contributed by atoms with E-state index in [-0.39, 0.29) is 0 Å². The van der Waals surface area contributed by atoms with Crippen LogP contribution < -0.4 is 4.74 Å². The summed E-state index contributed by atoms with van der Waals surface area (Å²) in [4.78, 5) is 8.49. The number of rotatable bonds is 5. The molecule has 0 fully saturated rings. The summed E-state index contributed by atoms with van der Waals surface area (Å²) in [6.07, 6.45) is 4.46. The topological polar surface area (TPSA) is 35.0 Å². The van der Waals surface area contributed by atoms with Crippen LogP contribution in [0.5, 0.6) is 5.75 Å². The van der Waals surface area contributed by atoms with Crippen LogP contribution in [0, 0.1) is 6.92 Å². The third-order valence-electron chi connectivity index (χ3n) is 2.50. The van der Waals surface area contributed by atoms with Gasteiger partial charge in [0.05, 0.1) is 12.3 Å². The average molecular weight is 240 g/mol. The van der Waals surface area contributed by atoms with E-state index in [0.29, 0.717) is 6.61 Å². The summed E-state index contributed by atoms with van der Waals surface area (Å²) < 4.78 is 5.62.